The second-order valence-electron chi connectivity index (χ2n) is 9.37. The molecule has 36 heavy (non-hydrogen) atoms. The second kappa shape index (κ2) is 8.71. The van der Waals surface area contributed by atoms with Crippen LogP contribution < -0.4 is 9.46 Å². The van der Waals surface area contributed by atoms with Crippen LogP contribution in [0.1, 0.15) is 40.4 Å². The van der Waals surface area contributed by atoms with E-state index in [1.54, 1.807) is 37.6 Å². The molecule has 1 aliphatic rings. The van der Waals surface area contributed by atoms with Gasteiger partial charge in [0.05, 0.1) is 22.9 Å². The highest BCUT2D eigenvalue weighted by Crippen LogP contribution is 2.62. The molecule has 184 valence electrons. The monoisotopic (exact) mass is 501 g/mol. The number of pyridine rings is 2. The van der Waals surface area contributed by atoms with Gasteiger partial charge in [-0.15, -0.1) is 0 Å². The summed E-state index contributed by atoms with van der Waals surface area (Å²) in [5.74, 6) is -0.289. The highest BCUT2D eigenvalue weighted by atomic mass is 32.2. The topological polar surface area (TPSA) is 98.2 Å². The van der Waals surface area contributed by atoms with E-state index in [0.717, 1.165) is 22.5 Å². The molecular weight excluding hydrogens is 474 g/mol. The Labute approximate surface area is 210 Å². The third-order valence-electron chi connectivity index (χ3n) is 6.89. The Morgan fingerprint density at radius 1 is 1.03 bits per heavy atom. The highest BCUT2D eigenvalue weighted by Gasteiger charge is 2.63. The van der Waals surface area contributed by atoms with E-state index >= 15 is 0 Å². The van der Waals surface area contributed by atoms with Gasteiger partial charge in [0.25, 0.3) is 10.0 Å². The van der Waals surface area contributed by atoms with Gasteiger partial charge < -0.3 is 4.74 Å². The molecule has 1 amide bonds. The molecule has 7 nitrogen and oxygen atoms in total. The first-order valence-corrected chi connectivity index (χ1v) is 13.2. The lowest BCUT2D eigenvalue weighted by Crippen LogP contribution is -2.40. The molecule has 2 heterocycles. The number of aryl methyl sites for hydroxylation is 3. The third-order valence-corrected chi connectivity index (χ3v) is 8.28. The van der Waals surface area contributed by atoms with E-state index in [4.69, 9.17) is 4.74 Å². The van der Waals surface area contributed by atoms with E-state index in [1.807, 2.05) is 51.1 Å². The van der Waals surface area contributed by atoms with E-state index in [0.29, 0.717) is 28.6 Å². The Balaban J connectivity index is 1.59. The van der Waals surface area contributed by atoms with Gasteiger partial charge in [-0.25, -0.2) is 13.1 Å². The van der Waals surface area contributed by atoms with Crippen LogP contribution in [-0.2, 0) is 20.2 Å². The summed E-state index contributed by atoms with van der Waals surface area (Å²) in [5, 5.41) is 0.459. The number of amides is 1. The van der Waals surface area contributed by atoms with Crippen LogP contribution in [0.4, 0.5) is 0 Å². The lowest BCUT2D eigenvalue weighted by atomic mass is 9.88. The summed E-state index contributed by atoms with van der Waals surface area (Å²) < 4.78 is 35.1. The maximum absolute atomic E-state index is 14.0. The van der Waals surface area contributed by atoms with Gasteiger partial charge in [0.1, 0.15) is 5.75 Å². The number of sulfonamides is 1. The zero-order valence-electron chi connectivity index (χ0n) is 20.6. The quantitative estimate of drug-likeness (QED) is 0.418. The molecule has 4 aromatic rings. The summed E-state index contributed by atoms with van der Waals surface area (Å²) in [6.07, 6.45) is 2.19. The molecule has 0 unspecified atom stereocenters. The fourth-order valence-corrected chi connectivity index (χ4v) is 6.18. The van der Waals surface area contributed by atoms with Gasteiger partial charge in [-0.1, -0.05) is 29.8 Å². The first-order chi connectivity index (χ1) is 17.2. The smallest absolute Gasteiger partial charge is 0.264 e. The maximum Gasteiger partial charge on any atom is 0.264 e. The van der Waals surface area contributed by atoms with Crippen molar-refractivity contribution in [2.45, 2.75) is 43.4 Å². The van der Waals surface area contributed by atoms with Crippen molar-refractivity contribution in [1.82, 2.24) is 14.7 Å². The molecule has 0 bridgehead atoms. The van der Waals surface area contributed by atoms with Crippen LogP contribution in [0.15, 0.2) is 71.8 Å². The van der Waals surface area contributed by atoms with Crippen molar-refractivity contribution in [1.29, 1.82) is 0 Å². The van der Waals surface area contributed by atoms with Crippen LogP contribution >= 0.6 is 0 Å². The van der Waals surface area contributed by atoms with E-state index in [9.17, 15) is 13.2 Å². The molecule has 8 heteroatoms. The number of aromatic nitrogens is 2. The van der Waals surface area contributed by atoms with Crippen molar-refractivity contribution in [2.24, 2.45) is 0 Å². The number of benzene rings is 2. The largest absolute Gasteiger partial charge is 0.496 e. The van der Waals surface area contributed by atoms with E-state index in [-0.39, 0.29) is 10.8 Å². The van der Waals surface area contributed by atoms with Crippen LogP contribution in [-0.4, -0.2) is 31.4 Å². The molecule has 2 aromatic carbocycles. The number of hydrogen-bond acceptors (Lipinski definition) is 6. The average Bonchev–Trinajstić information content (AvgIpc) is 3.60. The van der Waals surface area contributed by atoms with Gasteiger partial charge in [-0.3, -0.25) is 14.8 Å². The van der Waals surface area contributed by atoms with Crippen molar-refractivity contribution in [3.05, 3.63) is 94.9 Å². The predicted molar refractivity (Wildman–Crippen MR) is 138 cm³/mol. The fraction of sp³-hybridized carbons (Fsp3) is 0.250. The first kappa shape index (κ1) is 23.9. The molecule has 0 saturated heterocycles. The molecule has 1 aliphatic carbocycles. The van der Waals surface area contributed by atoms with E-state index in [1.165, 1.54) is 6.07 Å². The SMILES string of the molecule is COc1ccc(C)cc1[C@]1(C(=O)NS(=O)(=O)c2cccc3nc(C)ccc23)C[C@@H]1c1ccc(C)nc1. The van der Waals surface area contributed by atoms with Crippen LogP contribution in [0.3, 0.4) is 0 Å². The number of hydrogen-bond donors (Lipinski definition) is 1. The van der Waals surface area contributed by atoms with Crippen LogP contribution in [0.25, 0.3) is 10.9 Å². The molecule has 1 fully saturated rings. The minimum absolute atomic E-state index is 0.0152. The van der Waals surface area contributed by atoms with Crippen LogP contribution in [0, 0.1) is 20.8 Å². The molecule has 2 atom stereocenters. The third kappa shape index (κ3) is 4.01. The number of methoxy groups -OCH3 is 1. The van der Waals surface area contributed by atoms with Crippen LogP contribution in [0.5, 0.6) is 5.75 Å². The van der Waals surface area contributed by atoms with Gasteiger partial charge in [-0.2, -0.15) is 0 Å². The fourth-order valence-electron chi connectivity index (χ4n) is 4.92. The van der Waals surface area contributed by atoms with E-state index < -0.39 is 21.3 Å². The van der Waals surface area contributed by atoms with Crippen molar-refractivity contribution >= 4 is 26.8 Å². The number of carbonyl (C=O) groups is 1. The summed E-state index contributed by atoms with van der Waals surface area (Å²) in [4.78, 5) is 22.8. The number of nitrogens with zero attached hydrogens (tertiary/aromatic N) is 2. The van der Waals surface area contributed by atoms with Gasteiger partial charge in [0, 0.05) is 34.5 Å². The molecule has 1 N–H and O–H groups in total. The minimum Gasteiger partial charge on any atom is -0.496 e. The first-order valence-electron chi connectivity index (χ1n) is 11.7. The van der Waals surface area contributed by atoms with Gasteiger partial charge >= 0.3 is 0 Å². The Hall–Kier alpha value is -3.78. The number of nitrogens with one attached hydrogen (secondary N) is 1. The zero-order valence-corrected chi connectivity index (χ0v) is 21.4. The molecule has 0 aliphatic heterocycles. The summed E-state index contributed by atoms with van der Waals surface area (Å²) in [6, 6.07) is 17.8. The number of fused-ring (bicyclic) bond motifs is 1. The second-order valence-corrected chi connectivity index (χ2v) is 11.0. The zero-order chi connectivity index (χ0) is 25.7. The lowest BCUT2D eigenvalue weighted by Gasteiger charge is -2.21. The molecule has 5 rings (SSSR count). The number of ether oxygens (including phenoxy) is 1. The Kier molecular flexibility index (Phi) is 5.79. The maximum atomic E-state index is 14.0. The van der Waals surface area contributed by atoms with Crippen LogP contribution in [0.2, 0.25) is 0 Å². The Morgan fingerprint density at radius 3 is 2.53 bits per heavy atom. The summed E-state index contributed by atoms with van der Waals surface area (Å²) in [6.45, 7) is 5.67. The Bertz CT molecular complexity index is 1600. The molecular formula is C28H27N3O4S. The standard InChI is InChI=1S/C28H27N3O4S/c1-17-8-13-25(35-4)22(14-17)28(15-23(28)20-11-9-18(2)29-16-20)27(32)31-36(33,34)26-7-5-6-24-21(26)12-10-19(3)30-24/h5-14,16,23H,15H2,1-4H3,(H,31,32)/t23-,28-/m1/s1. The molecule has 0 spiro atoms. The average molecular weight is 502 g/mol. The minimum atomic E-state index is -4.19. The van der Waals surface area contributed by atoms with Gasteiger partial charge in [0.2, 0.25) is 5.91 Å². The lowest BCUT2D eigenvalue weighted by molar-refractivity contribution is -0.122. The molecule has 0 radical (unpaired) electrons. The van der Waals surface area contributed by atoms with Gasteiger partial charge in [0.15, 0.2) is 0 Å². The highest BCUT2D eigenvalue weighted by molar-refractivity contribution is 7.90. The predicted octanol–water partition coefficient (Wildman–Crippen LogP) is 4.49. The normalized spacial score (nSPS) is 19.2. The van der Waals surface area contributed by atoms with Crippen molar-refractivity contribution in [2.75, 3.05) is 7.11 Å². The number of rotatable bonds is 6. The van der Waals surface area contributed by atoms with Crippen molar-refractivity contribution in [3.8, 4) is 5.75 Å². The van der Waals surface area contributed by atoms with Gasteiger partial charge in [-0.05, 0) is 69.2 Å². The van der Waals surface area contributed by atoms with E-state index in [2.05, 4.69) is 14.7 Å². The number of carbonyl (C=O) groups excluding carboxylic acids is 1. The Morgan fingerprint density at radius 2 is 1.81 bits per heavy atom. The summed E-state index contributed by atoms with van der Waals surface area (Å²) in [7, 11) is -2.64. The van der Waals surface area contributed by atoms with Crippen molar-refractivity contribution in [3.63, 3.8) is 0 Å². The van der Waals surface area contributed by atoms with Crippen molar-refractivity contribution < 1.29 is 17.9 Å². The summed E-state index contributed by atoms with van der Waals surface area (Å²) >= 11 is 0. The molecule has 2 aromatic heterocycles. The molecule has 1 saturated carbocycles. The summed E-state index contributed by atoms with van der Waals surface area (Å²) in [5.41, 5.74) is 3.57.